The van der Waals surface area contributed by atoms with Gasteiger partial charge in [0.1, 0.15) is 16.5 Å². The molecule has 12 heteroatoms. The summed E-state index contributed by atoms with van der Waals surface area (Å²) in [6.07, 6.45) is -4.29. The molecule has 0 atom stereocenters. The highest BCUT2D eigenvalue weighted by Gasteiger charge is 2.34. The number of aromatic nitrogens is 2. The average Bonchev–Trinajstić information content (AvgIpc) is 2.47. The van der Waals surface area contributed by atoms with Crippen molar-refractivity contribution < 1.29 is 27.2 Å². The van der Waals surface area contributed by atoms with Crippen molar-refractivity contribution in [3.05, 3.63) is 45.0 Å². The molecule has 0 bridgehead atoms. The summed E-state index contributed by atoms with van der Waals surface area (Å²) in [6.45, 7) is 0. The molecule has 1 N–H and O–H groups in total. The molecule has 2 aromatic rings. The highest BCUT2D eigenvalue weighted by atomic mass is 35.5. The number of nitro benzene ring substituents is 1. The van der Waals surface area contributed by atoms with Gasteiger partial charge in [0, 0.05) is 18.3 Å². The Hall–Kier alpha value is -2.69. The molecule has 0 amide bonds. The van der Waals surface area contributed by atoms with Crippen LogP contribution in [0.1, 0.15) is 5.56 Å². The summed E-state index contributed by atoms with van der Waals surface area (Å²) >= 11 is 5.45. The van der Waals surface area contributed by atoms with E-state index in [1.807, 2.05) is 0 Å². The van der Waals surface area contributed by atoms with Crippen LogP contribution in [0, 0.1) is 15.9 Å². The van der Waals surface area contributed by atoms with Crippen molar-refractivity contribution in [2.24, 2.45) is 0 Å². The molecule has 0 saturated heterocycles. The first-order valence-electron chi connectivity index (χ1n) is 6.02. The standard InChI is InChI=1S/C12H7ClF4N4O3/c1-24-9-2-6(14)8(21(22)23)3-7(9)19-11-18-4-5(10(13)20-11)12(15,16)17/h2-4H,1H3,(H,18,19,20). The lowest BCUT2D eigenvalue weighted by molar-refractivity contribution is -0.387. The second-order valence-corrected chi connectivity index (χ2v) is 4.64. The summed E-state index contributed by atoms with van der Waals surface area (Å²) in [5, 5.41) is 12.3. The Bertz CT molecular complexity index is 801. The van der Waals surface area contributed by atoms with E-state index in [1.165, 1.54) is 7.11 Å². The smallest absolute Gasteiger partial charge is 0.420 e. The van der Waals surface area contributed by atoms with Crippen molar-refractivity contribution in [2.45, 2.75) is 6.18 Å². The molecule has 0 aliphatic carbocycles. The van der Waals surface area contributed by atoms with Gasteiger partial charge in [0.25, 0.3) is 0 Å². The molecule has 1 heterocycles. The molecule has 0 aliphatic rings. The number of ether oxygens (including phenoxy) is 1. The van der Waals surface area contributed by atoms with Crippen molar-refractivity contribution in [3.8, 4) is 5.75 Å². The summed E-state index contributed by atoms with van der Waals surface area (Å²) < 4.78 is 56.1. The first kappa shape index (κ1) is 17.7. The van der Waals surface area contributed by atoms with Gasteiger partial charge in [-0.3, -0.25) is 10.1 Å². The molecule has 0 unspecified atom stereocenters. The molecule has 1 aromatic carbocycles. The molecule has 1 aromatic heterocycles. The van der Waals surface area contributed by atoms with E-state index in [0.717, 1.165) is 12.1 Å². The summed E-state index contributed by atoms with van der Waals surface area (Å²) in [5.41, 5.74) is -2.23. The fourth-order valence-corrected chi connectivity index (χ4v) is 1.92. The van der Waals surface area contributed by atoms with E-state index >= 15 is 0 Å². The predicted molar refractivity (Wildman–Crippen MR) is 74.9 cm³/mol. The SMILES string of the molecule is COc1cc(F)c([N+](=O)[O-])cc1Nc1ncc(C(F)(F)F)c(Cl)n1. The van der Waals surface area contributed by atoms with E-state index in [1.54, 1.807) is 0 Å². The third-order valence-corrected chi connectivity index (χ3v) is 3.05. The summed E-state index contributed by atoms with van der Waals surface area (Å²) in [5.74, 6) is -1.67. The largest absolute Gasteiger partial charge is 0.494 e. The third-order valence-electron chi connectivity index (χ3n) is 2.76. The number of rotatable bonds is 4. The molecule has 0 radical (unpaired) electrons. The zero-order chi connectivity index (χ0) is 18.1. The number of hydrogen-bond acceptors (Lipinski definition) is 6. The van der Waals surface area contributed by atoms with Crippen LogP contribution in [0.3, 0.4) is 0 Å². The van der Waals surface area contributed by atoms with Gasteiger partial charge in [-0.1, -0.05) is 11.6 Å². The highest BCUT2D eigenvalue weighted by molar-refractivity contribution is 6.30. The lowest BCUT2D eigenvalue weighted by atomic mass is 10.2. The van der Waals surface area contributed by atoms with Crippen LogP contribution in [-0.4, -0.2) is 22.0 Å². The van der Waals surface area contributed by atoms with Crippen LogP contribution in [-0.2, 0) is 6.18 Å². The Balaban J connectivity index is 2.42. The first-order chi connectivity index (χ1) is 11.1. The van der Waals surface area contributed by atoms with E-state index in [2.05, 4.69) is 15.3 Å². The van der Waals surface area contributed by atoms with Crippen LogP contribution in [0.5, 0.6) is 5.75 Å². The van der Waals surface area contributed by atoms with Gasteiger partial charge >= 0.3 is 11.9 Å². The Labute approximate surface area is 136 Å². The van der Waals surface area contributed by atoms with E-state index in [4.69, 9.17) is 16.3 Å². The number of nitrogens with zero attached hydrogens (tertiary/aromatic N) is 3. The van der Waals surface area contributed by atoms with E-state index in [-0.39, 0.29) is 17.4 Å². The molecular formula is C12H7ClF4N4O3. The molecule has 0 spiro atoms. The molecule has 0 aliphatic heterocycles. The normalized spacial score (nSPS) is 11.2. The number of nitrogens with one attached hydrogen (secondary N) is 1. The van der Waals surface area contributed by atoms with Gasteiger partial charge < -0.3 is 10.1 Å². The molecule has 0 saturated carbocycles. The van der Waals surface area contributed by atoms with Crippen molar-refractivity contribution in [3.63, 3.8) is 0 Å². The van der Waals surface area contributed by atoms with Crippen molar-refractivity contribution in [2.75, 3.05) is 12.4 Å². The highest BCUT2D eigenvalue weighted by Crippen LogP contribution is 2.35. The fourth-order valence-electron chi connectivity index (χ4n) is 1.68. The number of nitro groups is 1. The summed E-state index contributed by atoms with van der Waals surface area (Å²) in [7, 11) is 1.17. The Morgan fingerprint density at radius 2 is 2.04 bits per heavy atom. The maximum absolute atomic E-state index is 13.5. The van der Waals surface area contributed by atoms with Gasteiger partial charge in [-0.05, 0) is 0 Å². The second kappa shape index (κ2) is 6.43. The number of halogens is 5. The summed E-state index contributed by atoms with van der Waals surface area (Å²) in [6, 6.07) is 1.54. The van der Waals surface area contributed by atoms with Crippen LogP contribution < -0.4 is 10.1 Å². The molecular weight excluding hydrogens is 360 g/mol. The third kappa shape index (κ3) is 3.62. The quantitative estimate of drug-likeness (QED) is 0.381. The minimum Gasteiger partial charge on any atom is -0.494 e. The van der Waals surface area contributed by atoms with E-state index in [9.17, 15) is 27.7 Å². The topological polar surface area (TPSA) is 90.2 Å². The van der Waals surface area contributed by atoms with Gasteiger partial charge in [0.05, 0.1) is 17.7 Å². The van der Waals surface area contributed by atoms with Crippen LogP contribution >= 0.6 is 11.6 Å². The molecule has 0 fully saturated rings. The maximum Gasteiger partial charge on any atom is 0.420 e. The number of anilines is 2. The Morgan fingerprint density at radius 3 is 2.54 bits per heavy atom. The molecule has 128 valence electrons. The zero-order valence-electron chi connectivity index (χ0n) is 11.7. The Kier molecular flexibility index (Phi) is 4.73. The lowest BCUT2D eigenvalue weighted by Crippen LogP contribution is -2.09. The first-order valence-corrected chi connectivity index (χ1v) is 6.40. The monoisotopic (exact) mass is 366 g/mol. The summed E-state index contributed by atoms with van der Waals surface area (Å²) in [4.78, 5) is 16.6. The van der Waals surface area contributed by atoms with Crippen molar-refractivity contribution in [1.29, 1.82) is 0 Å². The van der Waals surface area contributed by atoms with Crippen LogP contribution in [0.2, 0.25) is 5.15 Å². The van der Waals surface area contributed by atoms with Gasteiger partial charge in [0.15, 0.2) is 0 Å². The second-order valence-electron chi connectivity index (χ2n) is 4.28. The zero-order valence-corrected chi connectivity index (χ0v) is 12.4. The predicted octanol–water partition coefficient (Wildman–Crippen LogP) is 3.95. The minimum atomic E-state index is -4.73. The van der Waals surface area contributed by atoms with E-state index < -0.39 is 33.3 Å². The van der Waals surface area contributed by atoms with Crippen LogP contribution in [0.15, 0.2) is 18.3 Å². The van der Waals surface area contributed by atoms with Crippen LogP contribution in [0.4, 0.5) is 34.9 Å². The van der Waals surface area contributed by atoms with Gasteiger partial charge in [0.2, 0.25) is 11.8 Å². The number of methoxy groups -OCH3 is 1. The molecule has 24 heavy (non-hydrogen) atoms. The number of hydrogen-bond donors (Lipinski definition) is 1. The number of alkyl halides is 3. The van der Waals surface area contributed by atoms with Gasteiger partial charge in [-0.2, -0.15) is 17.6 Å². The van der Waals surface area contributed by atoms with Crippen molar-refractivity contribution in [1.82, 2.24) is 9.97 Å². The lowest BCUT2D eigenvalue weighted by Gasteiger charge is -2.12. The number of benzene rings is 1. The van der Waals surface area contributed by atoms with Gasteiger partial charge in [-0.15, -0.1) is 0 Å². The average molecular weight is 367 g/mol. The van der Waals surface area contributed by atoms with Crippen LogP contribution in [0.25, 0.3) is 0 Å². The maximum atomic E-state index is 13.5. The molecule has 7 nitrogen and oxygen atoms in total. The molecule has 2 rings (SSSR count). The fraction of sp³-hybridized carbons (Fsp3) is 0.167. The van der Waals surface area contributed by atoms with Crippen molar-refractivity contribution >= 4 is 28.9 Å². The van der Waals surface area contributed by atoms with E-state index in [0.29, 0.717) is 6.20 Å². The minimum absolute atomic E-state index is 0.124. The van der Waals surface area contributed by atoms with Gasteiger partial charge in [-0.25, -0.2) is 9.97 Å². The Morgan fingerprint density at radius 1 is 1.38 bits per heavy atom.